The Morgan fingerprint density at radius 1 is 0.917 bits per heavy atom. The Hall–Kier alpha value is -3.91. The Kier molecular flexibility index (Phi) is 7.42. The van der Waals surface area contributed by atoms with Crippen LogP contribution in [0.1, 0.15) is 24.8 Å². The first-order valence-electron chi connectivity index (χ1n) is 12.0. The lowest BCUT2D eigenvalue weighted by Gasteiger charge is -2.26. The number of likely N-dealkylation sites (tertiary alicyclic amines) is 1. The molecule has 36 heavy (non-hydrogen) atoms. The lowest BCUT2D eigenvalue weighted by Crippen LogP contribution is -2.34. The molecular formula is C28H27N5O2S. The number of anilines is 1. The third-order valence-corrected chi connectivity index (χ3v) is 6.95. The number of hydrogen-bond acceptors (Lipinski definition) is 5. The highest BCUT2D eigenvalue weighted by molar-refractivity contribution is 7.99. The van der Waals surface area contributed by atoms with Gasteiger partial charge in [-0.3, -0.25) is 14.2 Å². The van der Waals surface area contributed by atoms with Gasteiger partial charge < -0.3 is 10.2 Å². The Morgan fingerprint density at radius 2 is 1.69 bits per heavy atom. The first-order chi connectivity index (χ1) is 17.7. The summed E-state index contributed by atoms with van der Waals surface area (Å²) in [5.41, 5.74) is 3.61. The average molecular weight is 498 g/mol. The molecule has 0 saturated carbocycles. The zero-order valence-electron chi connectivity index (χ0n) is 19.8. The number of rotatable bonds is 8. The SMILES string of the molecule is O=C(CSc1nnc(-c2ccccc2)n1-c1ccccc1)Nc1cccc(CN2CCCCC2=O)c1. The first kappa shape index (κ1) is 23.8. The molecule has 1 saturated heterocycles. The number of para-hydroxylation sites is 1. The van der Waals surface area contributed by atoms with Gasteiger partial charge in [0.15, 0.2) is 11.0 Å². The number of amides is 2. The van der Waals surface area contributed by atoms with Gasteiger partial charge in [0.05, 0.1) is 5.75 Å². The van der Waals surface area contributed by atoms with Crippen LogP contribution in [0.25, 0.3) is 17.1 Å². The second kappa shape index (κ2) is 11.2. The average Bonchev–Trinajstić information content (AvgIpc) is 3.34. The molecule has 182 valence electrons. The van der Waals surface area contributed by atoms with Crippen molar-refractivity contribution >= 4 is 29.3 Å². The molecule has 2 heterocycles. The molecular weight excluding hydrogens is 470 g/mol. The summed E-state index contributed by atoms with van der Waals surface area (Å²) in [5.74, 6) is 0.985. The van der Waals surface area contributed by atoms with Crippen molar-refractivity contribution in [1.82, 2.24) is 19.7 Å². The molecule has 1 N–H and O–H groups in total. The van der Waals surface area contributed by atoms with E-state index in [1.165, 1.54) is 11.8 Å². The van der Waals surface area contributed by atoms with Gasteiger partial charge in [0.25, 0.3) is 0 Å². The van der Waals surface area contributed by atoms with E-state index >= 15 is 0 Å². The van der Waals surface area contributed by atoms with Crippen LogP contribution < -0.4 is 5.32 Å². The van der Waals surface area contributed by atoms with Crippen LogP contribution in [0.3, 0.4) is 0 Å². The van der Waals surface area contributed by atoms with Crippen molar-refractivity contribution < 1.29 is 9.59 Å². The van der Waals surface area contributed by atoms with E-state index < -0.39 is 0 Å². The second-order valence-corrected chi connectivity index (χ2v) is 9.60. The minimum absolute atomic E-state index is 0.130. The molecule has 0 atom stereocenters. The molecule has 7 nitrogen and oxygen atoms in total. The van der Waals surface area contributed by atoms with Crippen molar-refractivity contribution in [3.05, 3.63) is 90.5 Å². The van der Waals surface area contributed by atoms with Crippen molar-refractivity contribution in [2.45, 2.75) is 31.0 Å². The number of benzene rings is 3. The fraction of sp³-hybridized carbons (Fsp3) is 0.214. The van der Waals surface area contributed by atoms with Crippen LogP contribution in [-0.4, -0.2) is 43.8 Å². The molecule has 5 rings (SSSR count). The minimum Gasteiger partial charge on any atom is -0.338 e. The van der Waals surface area contributed by atoms with Crippen molar-refractivity contribution in [2.75, 3.05) is 17.6 Å². The van der Waals surface area contributed by atoms with Crippen LogP contribution in [-0.2, 0) is 16.1 Å². The molecule has 1 aliphatic rings. The van der Waals surface area contributed by atoms with Gasteiger partial charge in [-0.1, -0.05) is 72.4 Å². The van der Waals surface area contributed by atoms with E-state index in [9.17, 15) is 9.59 Å². The van der Waals surface area contributed by atoms with E-state index in [0.29, 0.717) is 18.1 Å². The molecule has 8 heteroatoms. The number of piperidine rings is 1. The molecule has 1 aromatic heterocycles. The van der Waals surface area contributed by atoms with Gasteiger partial charge in [-0.05, 0) is 42.7 Å². The highest BCUT2D eigenvalue weighted by Gasteiger charge is 2.19. The van der Waals surface area contributed by atoms with Crippen molar-refractivity contribution in [2.24, 2.45) is 0 Å². The Balaban J connectivity index is 1.27. The lowest BCUT2D eigenvalue weighted by atomic mass is 10.1. The molecule has 2 amide bonds. The van der Waals surface area contributed by atoms with E-state index in [1.54, 1.807) is 0 Å². The number of thioether (sulfide) groups is 1. The molecule has 0 spiro atoms. The fourth-order valence-corrected chi connectivity index (χ4v) is 5.02. The summed E-state index contributed by atoms with van der Waals surface area (Å²) >= 11 is 1.34. The molecule has 1 aliphatic heterocycles. The summed E-state index contributed by atoms with van der Waals surface area (Å²) in [5, 5.41) is 12.4. The molecule has 1 fully saturated rings. The highest BCUT2D eigenvalue weighted by atomic mass is 32.2. The van der Waals surface area contributed by atoms with E-state index in [4.69, 9.17) is 0 Å². The Labute approximate surface area is 214 Å². The van der Waals surface area contributed by atoms with E-state index in [-0.39, 0.29) is 17.6 Å². The number of hydrogen-bond donors (Lipinski definition) is 1. The van der Waals surface area contributed by atoms with Crippen LogP contribution in [0.2, 0.25) is 0 Å². The van der Waals surface area contributed by atoms with E-state index in [1.807, 2.05) is 94.4 Å². The predicted molar refractivity (Wildman–Crippen MR) is 142 cm³/mol. The summed E-state index contributed by atoms with van der Waals surface area (Å²) in [4.78, 5) is 26.8. The van der Waals surface area contributed by atoms with Gasteiger partial charge in [-0.15, -0.1) is 10.2 Å². The summed E-state index contributed by atoms with van der Waals surface area (Å²) in [6, 6.07) is 27.5. The molecule has 0 aliphatic carbocycles. The smallest absolute Gasteiger partial charge is 0.234 e. The number of aromatic nitrogens is 3. The number of nitrogens with one attached hydrogen (secondary N) is 1. The number of nitrogens with zero attached hydrogens (tertiary/aromatic N) is 4. The zero-order chi connectivity index (χ0) is 24.7. The maximum Gasteiger partial charge on any atom is 0.234 e. The van der Waals surface area contributed by atoms with Crippen LogP contribution in [0.5, 0.6) is 0 Å². The Morgan fingerprint density at radius 3 is 2.47 bits per heavy atom. The fourth-order valence-electron chi connectivity index (χ4n) is 4.27. The van der Waals surface area contributed by atoms with Crippen molar-refractivity contribution in [1.29, 1.82) is 0 Å². The van der Waals surface area contributed by atoms with Crippen LogP contribution >= 0.6 is 11.8 Å². The summed E-state index contributed by atoms with van der Waals surface area (Å²) in [7, 11) is 0. The predicted octanol–water partition coefficient (Wildman–Crippen LogP) is 5.18. The van der Waals surface area contributed by atoms with Crippen LogP contribution in [0.15, 0.2) is 90.1 Å². The maximum absolute atomic E-state index is 12.8. The minimum atomic E-state index is -0.130. The maximum atomic E-state index is 12.8. The second-order valence-electron chi connectivity index (χ2n) is 8.65. The van der Waals surface area contributed by atoms with Crippen LogP contribution in [0, 0.1) is 0 Å². The van der Waals surface area contributed by atoms with Gasteiger partial charge >= 0.3 is 0 Å². The quantitative estimate of drug-likeness (QED) is 0.340. The van der Waals surface area contributed by atoms with Gasteiger partial charge in [-0.2, -0.15) is 0 Å². The summed E-state index contributed by atoms with van der Waals surface area (Å²) < 4.78 is 1.98. The van der Waals surface area contributed by atoms with Gasteiger partial charge in [-0.25, -0.2) is 0 Å². The number of carbonyl (C=O) groups excluding carboxylic acids is 2. The van der Waals surface area contributed by atoms with E-state index in [2.05, 4.69) is 15.5 Å². The van der Waals surface area contributed by atoms with Gasteiger partial charge in [0.2, 0.25) is 11.8 Å². The monoisotopic (exact) mass is 497 g/mol. The first-order valence-corrected chi connectivity index (χ1v) is 13.0. The van der Waals surface area contributed by atoms with Gasteiger partial charge in [0.1, 0.15) is 0 Å². The topological polar surface area (TPSA) is 80.1 Å². The summed E-state index contributed by atoms with van der Waals surface area (Å²) in [6.07, 6.45) is 2.63. The molecule has 3 aromatic carbocycles. The zero-order valence-corrected chi connectivity index (χ0v) is 20.7. The number of carbonyl (C=O) groups is 2. The lowest BCUT2D eigenvalue weighted by molar-refractivity contribution is -0.133. The highest BCUT2D eigenvalue weighted by Crippen LogP contribution is 2.28. The van der Waals surface area contributed by atoms with Crippen molar-refractivity contribution in [3.63, 3.8) is 0 Å². The molecule has 0 radical (unpaired) electrons. The standard InChI is InChI=1S/C28H27N5O2S/c34-25(29-23-13-9-10-21(18-23)19-32-17-8-7-16-26(32)35)20-36-28-31-30-27(22-11-3-1-4-12-22)33(28)24-14-5-2-6-15-24/h1-6,9-15,18H,7-8,16-17,19-20H2,(H,29,34). The third-order valence-electron chi connectivity index (χ3n) is 6.02. The molecule has 0 bridgehead atoms. The van der Waals surface area contributed by atoms with Crippen LogP contribution in [0.4, 0.5) is 5.69 Å². The molecule has 4 aromatic rings. The third kappa shape index (κ3) is 5.66. The Bertz CT molecular complexity index is 1340. The van der Waals surface area contributed by atoms with Crippen molar-refractivity contribution in [3.8, 4) is 17.1 Å². The van der Waals surface area contributed by atoms with E-state index in [0.717, 1.165) is 47.7 Å². The molecule has 0 unspecified atom stereocenters. The normalized spacial score (nSPS) is 13.6. The van der Waals surface area contributed by atoms with Gasteiger partial charge in [0, 0.05) is 36.4 Å². The largest absolute Gasteiger partial charge is 0.338 e. The summed E-state index contributed by atoms with van der Waals surface area (Å²) in [6.45, 7) is 1.36.